The molecule has 0 aromatic carbocycles. The van der Waals surface area contributed by atoms with Gasteiger partial charge in [0.25, 0.3) is 0 Å². The van der Waals surface area contributed by atoms with Gasteiger partial charge in [-0.05, 0) is 6.92 Å². The summed E-state index contributed by atoms with van der Waals surface area (Å²) in [4.78, 5) is 10.9. The van der Waals surface area contributed by atoms with Gasteiger partial charge in [0.2, 0.25) is 5.91 Å². The minimum absolute atomic E-state index is 0.0833. The molecular formula is C7H16N2OS. The van der Waals surface area contributed by atoms with E-state index in [4.69, 9.17) is 5.84 Å². The number of carbonyl (C=O) groups excluding carboxylic acids is 1. The van der Waals surface area contributed by atoms with Crippen LogP contribution in [0.1, 0.15) is 27.7 Å². The quantitative estimate of drug-likeness (QED) is 0.373. The summed E-state index contributed by atoms with van der Waals surface area (Å²) >= 11 is 1.60. The molecule has 3 nitrogen and oxygen atoms in total. The van der Waals surface area contributed by atoms with E-state index in [-0.39, 0.29) is 15.9 Å². The monoisotopic (exact) mass is 176 g/mol. The second-order valence-corrected chi connectivity index (χ2v) is 5.55. The molecule has 0 radical (unpaired) electrons. The van der Waals surface area contributed by atoms with Crippen molar-refractivity contribution >= 4 is 17.7 Å². The topological polar surface area (TPSA) is 55.1 Å². The van der Waals surface area contributed by atoms with Crippen molar-refractivity contribution in [2.45, 2.75) is 37.7 Å². The van der Waals surface area contributed by atoms with E-state index in [1.54, 1.807) is 11.8 Å². The van der Waals surface area contributed by atoms with Gasteiger partial charge in [-0.25, -0.2) is 5.84 Å². The summed E-state index contributed by atoms with van der Waals surface area (Å²) in [5.41, 5.74) is 2.13. The number of hydrogen-bond donors (Lipinski definition) is 2. The number of carbonyl (C=O) groups is 1. The molecule has 0 bridgehead atoms. The molecule has 1 atom stereocenters. The van der Waals surface area contributed by atoms with Gasteiger partial charge in [-0.15, -0.1) is 11.8 Å². The maximum absolute atomic E-state index is 10.9. The molecule has 11 heavy (non-hydrogen) atoms. The van der Waals surface area contributed by atoms with E-state index in [0.717, 1.165) is 0 Å². The smallest absolute Gasteiger partial charge is 0.246 e. The zero-order valence-corrected chi connectivity index (χ0v) is 8.29. The fourth-order valence-corrected chi connectivity index (χ4v) is 1.94. The predicted octanol–water partition coefficient (Wildman–Crippen LogP) is 0.897. The third-order valence-corrected chi connectivity index (χ3v) is 2.32. The van der Waals surface area contributed by atoms with E-state index in [1.807, 2.05) is 6.92 Å². The van der Waals surface area contributed by atoms with Crippen molar-refractivity contribution in [2.24, 2.45) is 5.84 Å². The number of nitrogens with two attached hydrogens (primary N) is 1. The Morgan fingerprint density at radius 1 is 1.55 bits per heavy atom. The van der Waals surface area contributed by atoms with Gasteiger partial charge in [-0.1, -0.05) is 20.8 Å². The molecule has 0 aromatic rings. The summed E-state index contributed by atoms with van der Waals surface area (Å²) in [5, 5.41) is -0.0833. The maximum atomic E-state index is 10.9. The highest BCUT2D eigenvalue weighted by molar-refractivity contribution is 8.01. The SMILES string of the molecule is CC(SC(C)(C)C)C(=O)NN. The number of nitrogens with one attached hydrogen (secondary N) is 1. The van der Waals surface area contributed by atoms with E-state index < -0.39 is 0 Å². The molecule has 0 fully saturated rings. The highest BCUT2D eigenvalue weighted by Gasteiger charge is 2.20. The Morgan fingerprint density at radius 2 is 2.00 bits per heavy atom. The fraction of sp³-hybridized carbons (Fsp3) is 0.857. The average molecular weight is 176 g/mol. The molecule has 3 N–H and O–H groups in total. The van der Waals surface area contributed by atoms with E-state index >= 15 is 0 Å². The van der Waals surface area contributed by atoms with Gasteiger partial charge in [0.05, 0.1) is 5.25 Å². The second kappa shape index (κ2) is 3.97. The lowest BCUT2D eigenvalue weighted by Gasteiger charge is -2.21. The summed E-state index contributed by atoms with van der Waals surface area (Å²) < 4.78 is 0.103. The first kappa shape index (κ1) is 10.8. The summed E-state index contributed by atoms with van der Waals surface area (Å²) in [6.45, 7) is 8.05. The van der Waals surface area contributed by atoms with Crippen LogP contribution in [0.3, 0.4) is 0 Å². The molecule has 4 heteroatoms. The van der Waals surface area contributed by atoms with Crippen molar-refractivity contribution in [3.8, 4) is 0 Å². The molecule has 1 amide bonds. The first-order chi connectivity index (χ1) is 4.87. The van der Waals surface area contributed by atoms with Crippen LogP contribution in [-0.4, -0.2) is 15.9 Å². The van der Waals surface area contributed by atoms with E-state index in [1.165, 1.54) is 0 Å². The van der Waals surface area contributed by atoms with Crippen LogP contribution in [0.2, 0.25) is 0 Å². The Morgan fingerprint density at radius 3 is 2.27 bits per heavy atom. The zero-order valence-electron chi connectivity index (χ0n) is 7.47. The summed E-state index contributed by atoms with van der Waals surface area (Å²) in [5.74, 6) is 4.86. The first-order valence-corrected chi connectivity index (χ1v) is 4.43. The van der Waals surface area contributed by atoms with Crippen molar-refractivity contribution in [3.63, 3.8) is 0 Å². The van der Waals surface area contributed by atoms with Crippen LogP contribution in [0.4, 0.5) is 0 Å². The summed E-state index contributed by atoms with van der Waals surface area (Å²) in [6, 6.07) is 0. The Bertz CT molecular complexity index is 142. The van der Waals surface area contributed by atoms with Gasteiger partial charge in [-0.3, -0.25) is 10.2 Å². The Hall–Kier alpha value is -0.220. The average Bonchev–Trinajstić information content (AvgIpc) is 1.82. The third kappa shape index (κ3) is 5.09. The number of rotatable bonds is 2. The van der Waals surface area contributed by atoms with Crippen LogP contribution in [0, 0.1) is 0 Å². The Balaban J connectivity index is 3.87. The van der Waals surface area contributed by atoms with Crippen LogP contribution < -0.4 is 11.3 Å². The molecule has 0 saturated heterocycles. The lowest BCUT2D eigenvalue weighted by atomic mass is 10.3. The van der Waals surface area contributed by atoms with Crippen molar-refractivity contribution in [2.75, 3.05) is 0 Å². The summed E-state index contributed by atoms with van der Waals surface area (Å²) in [6.07, 6.45) is 0. The van der Waals surface area contributed by atoms with Crippen LogP contribution >= 0.6 is 11.8 Å². The summed E-state index contributed by atoms with van der Waals surface area (Å²) in [7, 11) is 0. The predicted molar refractivity (Wildman–Crippen MR) is 49.1 cm³/mol. The van der Waals surface area contributed by atoms with Crippen LogP contribution in [0.15, 0.2) is 0 Å². The van der Waals surface area contributed by atoms with E-state index in [9.17, 15) is 4.79 Å². The van der Waals surface area contributed by atoms with Gasteiger partial charge in [0.15, 0.2) is 0 Å². The zero-order chi connectivity index (χ0) is 9.07. The molecule has 0 aromatic heterocycles. The lowest BCUT2D eigenvalue weighted by molar-refractivity contribution is -0.120. The highest BCUT2D eigenvalue weighted by Crippen LogP contribution is 2.27. The highest BCUT2D eigenvalue weighted by atomic mass is 32.2. The minimum atomic E-state index is -0.120. The van der Waals surface area contributed by atoms with Crippen molar-refractivity contribution in [1.29, 1.82) is 0 Å². The molecular weight excluding hydrogens is 160 g/mol. The van der Waals surface area contributed by atoms with Gasteiger partial charge in [0, 0.05) is 4.75 Å². The largest absolute Gasteiger partial charge is 0.293 e. The van der Waals surface area contributed by atoms with Crippen LogP contribution in [-0.2, 0) is 4.79 Å². The van der Waals surface area contributed by atoms with Gasteiger partial charge >= 0.3 is 0 Å². The molecule has 1 unspecified atom stereocenters. The van der Waals surface area contributed by atoms with Crippen molar-refractivity contribution < 1.29 is 4.79 Å². The van der Waals surface area contributed by atoms with Crippen LogP contribution in [0.25, 0.3) is 0 Å². The molecule has 66 valence electrons. The van der Waals surface area contributed by atoms with Crippen LogP contribution in [0.5, 0.6) is 0 Å². The number of hydrogen-bond acceptors (Lipinski definition) is 3. The fourth-order valence-electron chi connectivity index (χ4n) is 0.701. The molecule has 0 aliphatic carbocycles. The number of amides is 1. The van der Waals surface area contributed by atoms with Gasteiger partial charge < -0.3 is 0 Å². The molecule has 0 aliphatic rings. The molecule has 0 aliphatic heterocycles. The third-order valence-electron chi connectivity index (χ3n) is 1.04. The van der Waals surface area contributed by atoms with Gasteiger partial charge in [-0.2, -0.15) is 0 Å². The van der Waals surface area contributed by atoms with Crippen molar-refractivity contribution in [3.05, 3.63) is 0 Å². The van der Waals surface area contributed by atoms with E-state index in [0.29, 0.717) is 0 Å². The Kier molecular flexibility index (Phi) is 3.89. The van der Waals surface area contributed by atoms with Gasteiger partial charge in [0.1, 0.15) is 0 Å². The number of thioether (sulfide) groups is 1. The molecule has 0 rings (SSSR count). The van der Waals surface area contributed by atoms with Crippen molar-refractivity contribution in [1.82, 2.24) is 5.43 Å². The molecule has 0 spiro atoms. The van der Waals surface area contributed by atoms with E-state index in [2.05, 4.69) is 26.2 Å². The molecule has 0 heterocycles. The number of hydrazine groups is 1. The standard InChI is InChI=1S/C7H16N2OS/c1-5(6(10)9-8)11-7(2,3)4/h5H,8H2,1-4H3,(H,9,10). The first-order valence-electron chi connectivity index (χ1n) is 3.55. The maximum Gasteiger partial charge on any atom is 0.246 e. The second-order valence-electron chi connectivity index (χ2n) is 3.38. The molecule has 0 saturated carbocycles. The minimum Gasteiger partial charge on any atom is -0.293 e. The Labute approximate surface area is 72.1 Å². The lowest BCUT2D eigenvalue weighted by Crippen LogP contribution is -2.37. The normalized spacial score (nSPS) is 14.3.